The molecule has 0 spiro atoms. The summed E-state index contributed by atoms with van der Waals surface area (Å²) in [5, 5.41) is 15.0. The molecule has 0 aliphatic carbocycles. The molecule has 8 heteroatoms. The molecule has 0 saturated heterocycles. The molecule has 1 amide bonds. The van der Waals surface area contributed by atoms with Crippen LogP contribution in [0.1, 0.15) is 27.9 Å². The van der Waals surface area contributed by atoms with Crippen molar-refractivity contribution in [2.24, 2.45) is 5.73 Å². The predicted molar refractivity (Wildman–Crippen MR) is 112 cm³/mol. The zero-order valence-electron chi connectivity index (χ0n) is 16.2. The van der Waals surface area contributed by atoms with E-state index in [0.29, 0.717) is 23.5 Å². The number of carbonyl (C=O) groups excluding carboxylic acids is 1. The number of nitrogens with one attached hydrogen (secondary N) is 2. The summed E-state index contributed by atoms with van der Waals surface area (Å²) in [6.45, 7) is 0.242. The Morgan fingerprint density at radius 1 is 1.03 bits per heavy atom. The van der Waals surface area contributed by atoms with Crippen molar-refractivity contribution in [3.63, 3.8) is 0 Å². The highest BCUT2D eigenvalue weighted by Gasteiger charge is 2.11. The third kappa shape index (κ3) is 5.74. The smallest absolute Gasteiger partial charge is 0.252 e. The van der Waals surface area contributed by atoms with Crippen LogP contribution in [0.4, 0.5) is 26.0 Å². The van der Waals surface area contributed by atoms with E-state index in [2.05, 4.69) is 15.6 Å². The number of hydrogen-bond acceptors (Lipinski definition) is 5. The normalized spacial score (nSPS) is 10.6. The first-order chi connectivity index (χ1) is 14.4. The Morgan fingerprint density at radius 2 is 1.73 bits per heavy atom. The van der Waals surface area contributed by atoms with Crippen LogP contribution in [-0.4, -0.2) is 22.6 Å². The van der Waals surface area contributed by atoms with E-state index >= 15 is 0 Å². The van der Waals surface area contributed by atoms with Crippen molar-refractivity contribution in [2.45, 2.75) is 19.4 Å². The number of benzene rings is 2. The molecule has 156 valence electrons. The fourth-order valence-corrected chi connectivity index (χ4v) is 2.96. The fraction of sp³-hybridized carbons (Fsp3) is 0.182. The molecule has 0 aliphatic rings. The average Bonchev–Trinajstić information content (AvgIpc) is 2.71. The lowest BCUT2D eigenvalue weighted by Gasteiger charge is -2.13. The summed E-state index contributed by atoms with van der Waals surface area (Å²) in [4.78, 5) is 15.9. The molecule has 0 aliphatic heterocycles. The molecular formula is C22H22F2N4O2. The number of pyridine rings is 1. The summed E-state index contributed by atoms with van der Waals surface area (Å²) in [6.07, 6.45) is 2.83. The summed E-state index contributed by atoms with van der Waals surface area (Å²) in [7, 11) is 0. The quantitative estimate of drug-likeness (QED) is 0.429. The van der Waals surface area contributed by atoms with E-state index in [1.165, 1.54) is 18.3 Å². The van der Waals surface area contributed by atoms with E-state index in [4.69, 9.17) is 10.8 Å². The van der Waals surface area contributed by atoms with Crippen LogP contribution in [0, 0.1) is 11.6 Å². The number of nitrogens with two attached hydrogens (primary N) is 1. The Kier molecular flexibility index (Phi) is 6.92. The Balaban J connectivity index is 1.76. The third-order valence-electron chi connectivity index (χ3n) is 4.42. The van der Waals surface area contributed by atoms with Gasteiger partial charge in [-0.15, -0.1) is 0 Å². The molecule has 5 N–H and O–H groups in total. The summed E-state index contributed by atoms with van der Waals surface area (Å²) in [6, 6.07) is 12.5. The third-order valence-corrected chi connectivity index (χ3v) is 4.42. The first-order valence-corrected chi connectivity index (χ1v) is 9.40. The summed E-state index contributed by atoms with van der Waals surface area (Å²) in [5.41, 5.74) is 8.25. The van der Waals surface area contributed by atoms with Crippen molar-refractivity contribution in [1.82, 2.24) is 4.98 Å². The van der Waals surface area contributed by atoms with Gasteiger partial charge in [-0.25, -0.2) is 13.8 Å². The van der Waals surface area contributed by atoms with Crippen LogP contribution < -0.4 is 16.4 Å². The summed E-state index contributed by atoms with van der Waals surface area (Å²) < 4.78 is 26.8. The van der Waals surface area contributed by atoms with E-state index in [1.807, 2.05) is 24.3 Å². The maximum Gasteiger partial charge on any atom is 0.252 e. The zero-order chi connectivity index (χ0) is 21.5. The number of anilines is 3. The minimum atomic E-state index is -0.679. The van der Waals surface area contributed by atoms with Gasteiger partial charge in [-0.3, -0.25) is 4.79 Å². The number of primary amides is 1. The molecule has 0 radical (unpaired) electrons. The largest absolute Gasteiger partial charge is 0.396 e. The molecule has 0 fully saturated rings. The van der Waals surface area contributed by atoms with Crippen LogP contribution >= 0.6 is 0 Å². The molecule has 1 heterocycles. The standard InChI is InChI=1S/C22H22F2N4O2/c23-16-8-15(9-17(24)10-16)12-26-20-11-21(27-13-19(20)22(25)30)28-18-5-3-14(4-6-18)2-1-7-29/h3-6,8-11,13,29H,1-2,7,12H2,(H2,25,30)(H2,26,27,28). The fourth-order valence-electron chi connectivity index (χ4n) is 2.96. The highest BCUT2D eigenvalue weighted by atomic mass is 19.1. The molecule has 1 aromatic heterocycles. The summed E-state index contributed by atoms with van der Waals surface area (Å²) >= 11 is 0. The van der Waals surface area contributed by atoms with Crippen LogP contribution in [0.2, 0.25) is 0 Å². The van der Waals surface area contributed by atoms with E-state index in [1.54, 1.807) is 6.07 Å². The van der Waals surface area contributed by atoms with Gasteiger partial charge in [0.25, 0.3) is 5.91 Å². The first-order valence-electron chi connectivity index (χ1n) is 9.40. The highest BCUT2D eigenvalue weighted by Crippen LogP contribution is 2.23. The minimum Gasteiger partial charge on any atom is -0.396 e. The van der Waals surface area contributed by atoms with E-state index in [-0.39, 0.29) is 18.7 Å². The number of nitrogens with zero attached hydrogens (tertiary/aromatic N) is 1. The van der Waals surface area contributed by atoms with Gasteiger partial charge in [0.05, 0.1) is 11.3 Å². The second-order valence-electron chi connectivity index (χ2n) is 6.76. The van der Waals surface area contributed by atoms with Gasteiger partial charge in [-0.05, 0) is 48.2 Å². The van der Waals surface area contributed by atoms with Crippen LogP contribution in [0.3, 0.4) is 0 Å². The SMILES string of the molecule is NC(=O)c1cnc(Nc2ccc(CCCO)cc2)cc1NCc1cc(F)cc(F)c1. The van der Waals surface area contributed by atoms with Gasteiger partial charge >= 0.3 is 0 Å². The molecular weight excluding hydrogens is 390 g/mol. The molecule has 2 aromatic carbocycles. The lowest BCUT2D eigenvalue weighted by molar-refractivity contribution is 0.100. The summed E-state index contributed by atoms with van der Waals surface area (Å²) in [5.74, 6) is -1.56. The van der Waals surface area contributed by atoms with Gasteiger partial charge in [-0.1, -0.05) is 12.1 Å². The molecule has 0 atom stereocenters. The van der Waals surface area contributed by atoms with Gasteiger partial charge in [0, 0.05) is 37.2 Å². The topological polar surface area (TPSA) is 100 Å². The van der Waals surface area contributed by atoms with Crippen molar-refractivity contribution in [3.8, 4) is 0 Å². The number of aliphatic hydroxyl groups is 1. The zero-order valence-corrected chi connectivity index (χ0v) is 16.2. The number of amides is 1. The molecule has 0 unspecified atom stereocenters. The Hall–Kier alpha value is -3.52. The van der Waals surface area contributed by atoms with Gasteiger partial charge in [-0.2, -0.15) is 0 Å². The number of hydrogen-bond donors (Lipinski definition) is 4. The van der Waals surface area contributed by atoms with Gasteiger partial charge in [0.15, 0.2) is 0 Å². The monoisotopic (exact) mass is 412 g/mol. The van der Waals surface area contributed by atoms with Gasteiger partial charge in [0.2, 0.25) is 0 Å². The maximum atomic E-state index is 13.4. The molecule has 3 rings (SSSR count). The molecule has 0 saturated carbocycles. The Morgan fingerprint density at radius 3 is 2.37 bits per heavy atom. The maximum absolute atomic E-state index is 13.4. The number of aliphatic hydroxyl groups excluding tert-OH is 1. The number of aromatic nitrogens is 1. The lowest BCUT2D eigenvalue weighted by atomic mass is 10.1. The van der Waals surface area contributed by atoms with Crippen molar-refractivity contribution in [3.05, 3.63) is 83.1 Å². The molecule has 30 heavy (non-hydrogen) atoms. The Labute approximate surface area is 172 Å². The number of carbonyl (C=O) groups is 1. The first kappa shape index (κ1) is 21.2. The van der Waals surface area contributed by atoms with Crippen LogP contribution in [0.5, 0.6) is 0 Å². The number of rotatable bonds is 9. The predicted octanol–water partition coefficient (Wildman–Crippen LogP) is 3.74. The minimum absolute atomic E-state index is 0.0952. The van der Waals surface area contributed by atoms with Crippen LogP contribution in [0.15, 0.2) is 54.7 Å². The number of aryl methyl sites for hydroxylation is 1. The van der Waals surface area contributed by atoms with Crippen molar-refractivity contribution in [2.75, 3.05) is 17.2 Å². The van der Waals surface area contributed by atoms with Gasteiger partial charge in [0.1, 0.15) is 17.5 Å². The van der Waals surface area contributed by atoms with Crippen molar-refractivity contribution >= 4 is 23.1 Å². The van der Waals surface area contributed by atoms with E-state index in [0.717, 1.165) is 23.7 Å². The van der Waals surface area contributed by atoms with Gasteiger partial charge < -0.3 is 21.5 Å². The number of halogens is 2. The van der Waals surface area contributed by atoms with Crippen molar-refractivity contribution in [1.29, 1.82) is 0 Å². The second-order valence-corrected chi connectivity index (χ2v) is 6.76. The lowest BCUT2D eigenvalue weighted by Crippen LogP contribution is -2.15. The van der Waals surface area contributed by atoms with Crippen LogP contribution in [-0.2, 0) is 13.0 Å². The van der Waals surface area contributed by atoms with E-state index in [9.17, 15) is 13.6 Å². The Bertz CT molecular complexity index is 1010. The van der Waals surface area contributed by atoms with Crippen LogP contribution in [0.25, 0.3) is 0 Å². The second kappa shape index (κ2) is 9.80. The molecule has 3 aromatic rings. The molecule has 0 bridgehead atoms. The van der Waals surface area contributed by atoms with E-state index < -0.39 is 17.5 Å². The average molecular weight is 412 g/mol. The van der Waals surface area contributed by atoms with Crippen molar-refractivity contribution < 1.29 is 18.7 Å². The highest BCUT2D eigenvalue weighted by molar-refractivity contribution is 5.98. The molecule has 6 nitrogen and oxygen atoms in total.